The minimum absolute atomic E-state index is 0.0978. The van der Waals surface area contributed by atoms with Gasteiger partial charge in [0.05, 0.1) is 18.1 Å². The van der Waals surface area contributed by atoms with Crippen molar-refractivity contribution < 1.29 is 9.90 Å². The van der Waals surface area contributed by atoms with E-state index in [1.807, 2.05) is 0 Å². The maximum atomic E-state index is 11.7. The molecular weight excluding hydrogens is 208 g/mol. The monoisotopic (exact) mass is 216 g/mol. The summed E-state index contributed by atoms with van der Waals surface area (Å²) >= 11 is 0. The summed E-state index contributed by atoms with van der Waals surface area (Å²) in [5.74, 6) is -0.548. The maximum Gasteiger partial charge on any atom is 0.217 e. The average Bonchev–Trinajstić information content (AvgIpc) is 2.39. The van der Waals surface area contributed by atoms with Gasteiger partial charge in [0, 0.05) is 24.8 Å². The summed E-state index contributed by atoms with van der Waals surface area (Å²) < 4.78 is 0. The maximum absolute atomic E-state index is 11.7. The third-order valence-corrected chi connectivity index (χ3v) is 1.93. The molecule has 0 amide bonds. The molecule has 0 aliphatic rings. The fraction of sp³-hybridized carbons (Fsp3) is 0.100. The molecule has 0 aliphatic carbocycles. The van der Waals surface area contributed by atoms with Crippen LogP contribution in [0.25, 0.3) is 0 Å². The van der Waals surface area contributed by atoms with Crippen molar-refractivity contribution in [3.8, 4) is 0 Å². The zero-order chi connectivity index (χ0) is 11.4. The van der Waals surface area contributed by atoms with Gasteiger partial charge in [-0.05, 0) is 0 Å². The lowest BCUT2D eigenvalue weighted by Gasteiger charge is -2.06. The number of nitrogens with zero attached hydrogens (tertiary/aromatic N) is 4. The highest BCUT2D eigenvalue weighted by Gasteiger charge is 2.21. The summed E-state index contributed by atoms with van der Waals surface area (Å²) in [6, 6.07) is 0. The predicted molar refractivity (Wildman–Crippen MR) is 53.4 cm³/mol. The molecule has 0 spiro atoms. The number of aliphatic hydroxyl groups is 1. The second kappa shape index (κ2) is 4.54. The van der Waals surface area contributed by atoms with Crippen molar-refractivity contribution >= 4 is 5.78 Å². The third kappa shape index (κ3) is 2.06. The molecular formula is C10H8N4O2. The summed E-state index contributed by atoms with van der Waals surface area (Å²) in [6.45, 7) is 0. The van der Waals surface area contributed by atoms with E-state index in [1.165, 1.54) is 37.2 Å². The molecule has 6 heteroatoms. The van der Waals surface area contributed by atoms with Crippen LogP contribution in [0.2, 0.25) is 0 Å². The summed E-state index contributed by atoms with van der Waals surface area (Å²) in [7, 11) is 0. The highest BCUT2D eigenvalue weighted by atomic mass is 16.3. The molecule has 6 nitrogen and oxygen atoms in total. The Kier molecular flexibility index (Phi) is 2.93. The number of aliphatic hydroxyl groups excluding tert-OH is 1. The number of Topliss-reactive ketones (excluding diaryl/α,β-unsaturated/α-hetero) is 1. The van der Waals surface area contributed by atoms with E-state index < -0.39 is 11.9 Å². The zero-order valence-electron chi connectivity index (χ0n) is 8.19. The molecule has 0 saturated carbocycles. The SMILES string of the molecule is O=C(c1cnccn1)C(O)c1cnccn1. The normalized spacial score (nSPS) is 12.1. The van der Waals surface area contributed by atoms with Gasteiger partial charge >= 0.3 is 0 Å². The lowest BCUT2D eigenvalue weighted by molar-refractivity contribution is 0.0733. The number of hydrogen-bond donors (Lipinski definition) is 1. The van der Waals surface area contributed by atoms with Gasteiger partial charge < -0.3 is 5.11 Å². The van der Waals surface area contributed by atoms with E-state index in [1.54, 1.807) is 0 Å². The van der Waals surface area contributed by atoms with Crippen LogP contribution in [-0.4, -0.2) is 30.8 Å². The van der Waals surface area contributed by atoms with Crippen molar-refractivity contribution in [2.75, 3.05) is 0 Å². The van der Waals surface area contributed by atoms with Crippen LogP contribution in [0.1, 0.15) is 22.3 Å². The van der Waals surface area contributed by atoms with Gasteiger partial charge in [-0.3, -0.25) is 19.7 Å². The first-order chi connectivity index (χ1) is 7.79. The van der Waals surface area contributed by atoms with Gasteiger partial charge in [-0.2, -0.15) is 0 Å². The number of carbonyl (C=O) groups is 1. The molecule has 1 atom stereocenters. The molecule has 0 fully saturated rings. The Morgan fingerprint density at radius 3 is 2.31 bits per heavy atom. The number of carbonyl (C=O) groups excluding carboxylic acids is 1. The molecule has 2 heterocycles. The Balaban J connectivity index is 2.24. The van der Waals surface area contributed by atoms with Crippen LogP contribution >= 0.6 is 0 Å². The molecule has 0 saturated heterocycles. The second-order valence-electron chi connectivity index (χ2n) is 2.99. The van der Waals surface area contributed by atoms with E-state index in [9.17, 15) is 9.90 Å². The van der Waals surface area contributed by atoms with Gasteiger partial charge in [0.25, 0.3) is 0 Å². The Morgan fingerprint density at radius 1 is 1.06 bits per heavy atom. The summed E-state index contributed by atoms with van der Waals surface area (Å²) in [4.78, 5) is 26.9. The molecule has 1 N–H and O–H groups in total. The van der Waals surface area contributed by atoms with Crippen LogP contribution in [0.4, 0.5) is 0 Å². The van der Waals surface area contributed by atoms with E-state index in [0.29, 0.717) is 0 Å². The van der Waals surface area contributed by atoms with Crippen molar-refractivity contribution in [1.82, 2.24) is 19.9 Å². The topological polar surface area (TPSA) is 88.9 Å². The molecule has 2 aromatic rings. The molecule has 0 bridgehead atoms. The fourth-order valence-corrected chi connectivity index (χ4v) is 1.15. The Morgan fingerprint density at radius 2 is 1.75 bits per heavy atom. The Hall–Kier alpha value is -2.21. The lowest BCUT2D eigenvalue weighted by Crippen LogP contribution is -2.15. The highest BCUT2D eigenvalue weighted by molar-refractivity contribution is 5.97. The van der Waals surface area contributed by atoms with E-state index >= 15 is 0 Å². The number of ketones is 1. The number of hydrogen-bond acceptors (Lipinski definition) is 6. The molecule has 2 aromatic heterocycles. The first-order valence-corrected chi connectivity index (χ1v) is 4.53. The highest BCUT2D eigenvalue weighted by Crippen LogP contribution is 2.12. The van der Waals surface area contributed by atoms with Crippen LogP contribution in [-0.2, 0) is 0 Å². The van der Waals surface area contributed by atoms with Gasteiger partial charge in [-0.25, -0.2) is 4.98 Å². The van der Waals surface area contributed by atoms with Gasteiger partial charge in [-0.15, -0.1) is 0 Å². The van der Waals surface area contributed by atoms with Crippen molar-refractivity contribution in [3.63, 3.8) is 0 Å². The predicted octanol–water partition coefficient (Wildman–Crippen LogP) is 0.183. The lowest BCUT2D eigenvalue weighted by atomic mass is 10.1. The standard InChI is InChI=1S/C10H8N4O2/c15-9(7-5-11-1-3-13-7)10(16)8-6-12-2-4-14-8/h1-6,9,15H. The van der Waals surface area contributed by atoms with Crippen molar-refractivity contribution in [2.24, 2.45) is 0 Å². The first-order valence-electron chi connectivity index (χ1n) is 4.53. The summed E-state index contributed by atoms with van der Waals surface area (Å²) in [5, 5.41) is 9.72. The fourth-order valence-electron chi connectivity index (χ4n) is 1.15. The molecule has 16 heavy (non-hydrogen) atoms. The van der Waals surface area contributed by atoms with Crippen LogP contribution in [0.3, 0.4) is 0 Å². The van der Waals surface area contributed by atoms with Gasteiger partial charge in [0.2, 0.25) is 5.78 Å². The van der Waals surface area contributed by atoms with E-state index in [0.717, 1.165) is 0 Å². The van der Waals surface area contributed by atoms with E-state index in [2.05, 4.69) is 19.9 Å². The van der Waals surface area contributed by atoms with Gasteiger partial charge in [-0.1, -0.05) is 0 Å². The molecule has 0 aromatic carbocycles. The minimum atomic E-state index is -1.36. The van der Waals surface area contributed by atoms with Gasteiger partial charge in [0.1, 0.15) is 5.69 Å². The van der Waals surface area contributed by atoms with Crippen molar-refractivity contribution in [1.29, 1.82) is 0 Å². The Bertz CT molecular complexity index is 475. The largest absolute Gasteiger partial charge is 0.378 e. The molecule has 2 rings (SSSR count). The summed E-state index contributed by atoms with van der Waals surface area (Å²) in [5.41, 5.74) is 0.291. The van der Waals surface area contributed by atoms with Crippen LogP contribution in [0.5, 0.6) is 0 Å². The average molecular weight is 216 g/mol. The number of rotatable bonds is 3. The summed E-state index contributed by atoms with van der Waals surface area (Å²) in [6.07, 6.45) is 6.97. The third-order valence-electron chi connectivity index (χ3n) is 1.93. The zero-order valence-corrected chi connectivity index (χ0v) is 8.19. The van der Waals surface area contributed by atoms with E-state index in [-0.39, 0.29) is 11.4 Å². The van der Waals surface area contributed by atoms with Crippen LogP contribution in [0.15, 0.2) is 37.2 Å². The molecule has 0 aliphatic heterocycles. The molecule has 80 valence electrons. The van der Waals surface area contributed by atoms with Crippen LogP contribution in [0, 0.1) is 0 Å². The van der Waals surface area contributed by atoms with E-state index in [4.69, 9.17) is 0 Å². The van der Waals surface area contributed by atoms with Crippen molar-refractivity contribution in [2.45, 2.75) is 6.10 Å². The number of aromatic nitrogens is 4. The van der Waals surface area contributed by atoms with Crippen LogP contribution < -0.4 is 0 Å². The first kappa shape index (κ1) is 10.3. The minimum Gasteiger partial charge on any atom is -0.378 e. The van der Waals surface area contributed by atoms with Gasteiger partial charge in [0.15, 0.2) is 6.10 Å². The molecule has 0 radical (unpaired) electrons. The quantitative estimate of drug-likeness (QED) is 0.736. The molecule has 1 unspecified atom stereocenters. The Labute approximate surface area is 91.1 Å². The smallest absolute Gasteiger partial charge is 0.217 e. The second-order valence-corrected chi connectivity index (χ2v) is 2.99. The van der Waals surface area contributed by atoms with Crippen molar-refractivity contribution in [3.05, 3.63) is 48.6 Å².